The number of rotatable bonds is 3. The van der Waals surface area contributed by atoms with E-state index in [1.54, 1.807) is 0 Å². The molecule has 2 unspecified atom stereocenters. The Kier molecular flexibility index (Phi) is 2.14. The minimum Gasteiger partial charge on any atom is -0.377 e. The Hall–Kier alpha value is -0.0800. The first kappa shape index (κ1) is 7.56. The molecule has 1 saturated heterocycles. The molecule has 0 spiro atoms. The number of nitrogens with two attached hydrogens (primary N) is 1. The first-order valence-electron chi connectivity index (χ1n) is 4.73. The molecule has 2 aliphatic rings. The summed E-state index contributed by atoms with van der Waals surface area (Å²) >= 11 is 0. The van der Waals surface area contributed by atoms with E-state index in [4.69, 9.17) is 10.5 Å². The molecule has 11 heavy (non-hydrogen) atoms. The topological polar surface area (TPSA) is 35.2 Å². The normalized spacial score (nSPS) is 34.1. The summed E-state index contributed by atoms with van der Waals surface area (Å²) in [4.78, 5) is 0. The van der Waals surface area contributed by atoms with E-state index in [0.717, 1.165) is 12.5 Å². The molecule has 0 radical (unpaired) electrons. The maximum Gasteiger partial charge on any atom is 0.0726 e. The highest BCUT2D eigenvalue weighted by atomic mass is 16.5. The summed E-state index contributed by atoms with van der Waals surface area (Å²) in [5, 5.41) is 0. The first-order chi connectivity index (χ1) is 5.36. The van der Waals surface area contributed by atoms with E-state index < -0.39 is 0 Å². The average molecular weight is 155 g/mol. The highest BCUT2D eigenvalue weighted by molar-refractivity contribution is 4.84. The largest absolute Gasteiger partial charge is 0.377 e. The predicted octanol–water partition coefficient (Wildman–Crippen LogP) is 1.29. The third-order valence-corrected chi connectivity index (χ3v) is 2.74. The van der Waals surface area contributed by atoms with Crippen LogP contribution in [0.15, 0.2) is 0 Å². The van der Waals surface area contributed by atoms with E-state index in [-0.39, 0.29) is 0 Å². The summed E-state index contributed by atoms with van der Waals surface area (Å²) in [5.74, 6) is 0.939. The van der Waals surface area contributed by atoms with Crippen LogP contribution in [0.5, 0.6) is 0 Å². The van der Waals surface area contributed by atoms with Crippen molar-refractivity contribution in [1.82, 2.24) is 0 Å². The highest BCUT2D eigenvalue weighted by Gasteiger charge is 2.29. The molecule has 2 N–H and O–H groups in total. The van der Waals surface area contributed by atoms with E-state index in [2.05, 4.69) is 0 Å². The fraction of sp³-hybridized carbons (Fsp3) is 1.00. The van der Waals surface area contributed by atoms with E-state index in [0.29, 0.717) is 12.1 Å². The molecule has 1 aliphatic carbocycles. The molecular formula is C9H17NO. The summed E-state index contributed by atoms with van der Waals surface area (Å²) in [6.07, 6.45) is 6.79. The van der Waals surface area contributed by atoms with Gasteiger partial charge in [-0.2, -0.15) is 0 Å². The Bertz CT molecular complexity index is 128. The van der Waals surface area contributed by atoms with Crippen LogP contribution in [-0.4, -0.2) is 18.8 Å². The van der Waals surface area contributed by atoms with Gasteiger partial charge in [-0.3, -0.25) is 0 Å². The Morgan fingerprint density at radius 1 is 1.36 bits per heavy atom. The Morgan fingerprint density at radius 3 is 2.73 bits per heavy atom. The van der Waals surface area contributed by atoms with Crippen molar-refractivity contribution in [2.45, 2.75) is 44.2 Å². The van der Waals surface area contributed by atoms with Gasteiger partial charge in [-0.15, -0.1) is 0 Å². The maximum absolute atomic E-state index is 5.99. The molecule has 1 aliphatic heterocycles. The quantitative estimate of drug-likeness (QED) is 0.666. The molecule has 0 bridgehead atoms. The zero-order chi connectivity index (χ0) is 7.68. The van der Waals surface area contributed by atoms with Crippen molar-refractivity contribution < 1.29 is 4.74 Å². The van der Waals surface area contributed by atoms with Crippen LogP contribution in [0.3, 0.4) is 0 Å². The van der Waals surface area contributed by atoms with Crippen molar-refractivity contribution in [3.05, 3.63) is 0 Å². The Balaban J connectivity index is 1.73. The third kappa shape index (κ3) is 1.94. The van der Waals surface area contributed by atoms with E-state index in [1.807, 2.05) is 0 Å². The fourth-order valence-corrected chi connectivity index (χ4v) is 1.83. The van der Waals surface area contributed by atoms with Gasteiger partial charge in [0.05, 0.1) is 6.10 Å². The molecule has 2 atom stereocenters. The standard InChI is InChI=1S/C9H17NO/c10-8(6-7-3-4-7)9-2-1-5-11-9/h7-9H,1-6,10H2. The second-order valence-corrected chi connectivity index (χ2v) is 3.89. The smallest absolute Gasteiger partial charge is 0.0726 e. The van der Waals surface area contributed by atoms with Gasteiger partial charge in [0, 0.05) is 12.6 Å². The van der Waals surface area contributed by atoms with Gasteiger partial charge in [-0.25, -0.2) is 0 Å². The predicted molar refractivity (Wildman–Crippen MR) is 44.3 cm³/mol. The van der Waals surface area contributed by atoms with Crippen LogP contribution in [0.25, 0.3) is 0 Å². The lowest BCUT2D eigenvalue weighted by molar-refractivity contribution is 0.0859. The molecule has 64 valence electrons. The molecular weight excluding hydrogens is 138 g/mol. The third-order valence-electron chi connectivity index (χ3n) is 2.74. The average Bonchev–Trinajstić information content (AvgIpc) is 2.67. The summed E-state index contributed by atoms with van der Waals surface area (Å²) in [7, 11) is 0. The van der Waals surface area contributed by atoms with Crippen molar-refractivity contribution in [2.75, 3.05) is 6.61 Å². The molecule has 2 rings (SSSR count). The molecule has 0 aromatic heterocycles. The summed E-state index contributed by atoms with van der Waals surface area (Å²) in [6.45, 7) is 0.934. The molecule has 0 aromatic carbocycles. The minimum atomic E-state index is 0.324. The molecule has 2 fully saturated rings. The fourth-order valence-electron chi connectivity index (χ4n) is 1.83. The maximum atomic E-state index is 5.99. The highest BCUT2D eigenvalue weighted by Crippen LogP contribution is 2.34. The van der Waals surface area contributed by atoms with Gasteiger partial charge in [0.25, 0.3) is 0 Å². The van der Waals surface area contributed by atoms with Gasteiger partial charge < -0.3 is 10.5 Å². The van der Waals surface area contributed by atoms with Gasteiger partial charge in [0.15, 0.2) is 0 Å². The Labute approximate surface area is 68.1 Å². The zero-order valence-electron chi connectivity index (χ0n) is 6.96. The lowest BCUT2D eigenvalue weighted by Gasteiger charge is -2.17. The Morgan fingerprint density at radius 2 is 2.18 bits per heavy atom. The van der Waals surface area contributed by atoms with Crippen molar-refractivity contribution in [2.24, 2.45) is 11.7 Å². The molecule has 2 heteroatoms. The van der Waals surface area contributed by atoms with Crippen LogP contribution in [0.1, 0.15) is 32.1 Å². The van der Waals surface area contributed by atoms with Crippen molar-refractivity contribution in [3.63, 3.8) is 0 Å². The van der Waals surface area contributed by atoms with Crippen molar-refractivity contribution >= 4 is 0 Å². The van der Waals surface area contributed by atoms with Crippen molar-refractivity contribution in [1.29, 1.82) is 0 Å². The minimum absolute atomic E-state index is 0.324. The molecule has 0 amide bonds. The lowest BCUT2D eigenvalue weighted by Crippen LogP contribution is -2.34. The van der Waals surface area contributed by atoms with E-state index >= 15 is 0 Å². The monoisotopic (exact) mass is 155 g/mol. The summed E-state index contributed by atoms with van der Waals surface area (Å²) < 4.78 is 5.52. The first-order valence-corrected chi connectivity index (χ1v) is 4.73. The van der Waals surface area contributed by atoms with Crippen LogP contribution in [0.4, 0.5) is 0 Å². The van der Waals surface area contributed by atoms with Crippen LogP contribution in [0.2, 0.25) is 0 Å². The number of hydrogen-bond donors (Lipinski definition) is 1. The van der Waals surface area contributed by atoms with Gasteiger partial charge >= 0.3 is 0 Å². The second-order valence-electron chi connectivity index (χ2n) is 3.89. The van der Waals surface area contributed by atoms with Gasteiger partial charge in [-0.05, 0) is 25.2 Å². The number of ether oxygens (including phenoxy) is 1. The van der Waals surface area contributed by atoms with Crippen LogP contribution in [-0.2, 0) is 4.74 Å². The van der Waals surface area contributed by atoms with E-state index in [9.17, 15) is 0 Å². The summed E-state index contributed by atoms with van der Waals surface area (Å²) in [6, 6.07) is 0.324. The molecule has 1 heterocycles. The molecule has 2 nitrogen and oxygen atoms in total. The lowest BCUT2D eigenvalue weighted by atomic mass is 10.0. The summed E-state index contributed by atoms with van der Waals surface area (Å²) in [5.41, 5.74) is 5.99. The SMILES string of the molecule is NC(CC1CC1)C1CCCO1. The van der Waals surface area contributed by atoms with Crippen LogP contribution >= 0.6 is 0 Å². The van der Waals surface area contributed by atoms with Crippen LogP contribution < -0.4 is 5.73 Å². The number of hydrogen-bond acceptors (Lipinski definition) is 2. The van der Waals surface area contributed by atoms with Crippen molar-refractivity contribution in [3.8, 4) is 0 Å². The van der Waals surface area contributed by atoms with Gasteiger partial charge in [0.2, 0.25) is 0 Å². The van der Waals surface area contributed by atoms with E-state index in [1.165, 1.54) is 32.1 Å². The van der Waals surface area contributed by atoms with Gasteiger partial charge in [0.1, 0.15) is 0 Å². The molecule has 1 saturated carbocycles. The van der Waals surface area contributed by atoms with Crippen LogP contribution in [0, 0.1) is 5.92 Å². The zero-order valence-corrected chi connectivity index (χ0v) is 6.96. The van der Waals surface area contributed by atoms with Gasteiger partial charge in [-0.1, -0.05) is 12.8 Å². The second kappa shape index (κ2) is 3.11. The molecule has 0 aromatic rings.